The SMILES string of the molecule is C#CC(C)(O)c1cc(C)on1.Cc1cc([C@@](C)(O)C#Cc2ccc3c(c2)-c2nc(C(N)=O)cn2CCO3)no1.NC(=O)c1cn2c(n1)-c1cc(Br)ccc1OCC2. The number of terminal acetylenes is 1. The molecule has 2 amide bonds. The summed E-state index contributed by atoms with van der Waals surface area (Å²) in [5.41, 5.74) is 11.2. The first kappa shape index (κ1) is 40.0. The summed E-state index contributed by atoms with van der Waals surface area (Å²) in [7, 11) is 0. The first-order chi connectivity index (χ1) is 27.0. The van der Waals surface area contributed by atoms with E-state index in [1.54, 1.807) is 63.5 Å². The number of benzene rings is 2. The van der Waals surface area contributed by atoms with Gasteiger partial charge in [-0.15, -0.1) is 6.42 Å². The van der Waals surface area contributed by atoms with Gasteiger partial charge >= 0.3 is 0 Å². The Kier molecular flexibility index (Phi) is 11.4. The predicted octanol–water partition coefficient (Wildman–Crippen LogP) is 4.22. The molecule has 2 aromatic carbocycles. The zero-order chi connectivity index (χ0) is 41.1. The highest BCUT2D eigenvalue weighted by Crippen LogP contribution is 2.35. The molecule has 6 heterocycles. The number of carbonyl (C=O) groups excluding carboxylic acids is 2. The minimum Gasteiger partial charge on any atom is -0.491 e. The Morgan fingerprint density at radius 3 is 1.75 bits per heavy atom. The lowest BCUT2D eigenvalue weighted by Crippen LogP contribution is -2.18. The minimum absolute atomic E-state index is 0.198. The minimum atomic E-state index is -1.46. The van der Waals surface area contributed by atoms with Gasteiger partial charge in [0.1, 0.15) is 70.7 Å². The number of ether oxygens (including phenoxy) is 2. The number of aromatic nitrogens is 6. The molecule has 6 N–H and O–H groups in total. The van der Waals surface area contributed by atoms with E-state index in [9.17, 15) is 19.8 Å². The van der Waals surface area contributed by atoms with Gasteiger partial charge in [-0.05, 0) is 64.1 Å². The van der Waals surface area contributed by atoms with Crippen molar-refractivity contribution in [2.24, 2.45) is 11.5 Å². The lowest BCUT2D eigenvalue weighted by molar-refractivity contribution is 0.0987. The van der Waals surface area contributed by atoms with Crippen LogP contribution in [0, 0.1) is 38.0 Å². The fourth-order valence-electron chi connectivity index (χ4n) is 5.58. The summed E-state index contributed by atoms with van der Waals surface area (Å²) in [6.45, 7) is 8.70. The number of nitrogens with zero attached hydrogens (tertiary/aromatic N) is 6. The predicted molar refractivity (Wildman–Crippen MR) is 208 cm³/mol. The molecule has 57 heavy (non-hydrogen) atoms. The van der Waals surface area contributed by atoms with Crippen LogP contribution in [0.2, 0.25) is 0 Å². The smallest absolute Gasteiger partial charge is 0.268 e. The Hall–Kier alpha value is -6.66. The highest BCUT2D eigenvalue weighted by molar-refractivity contribution is 9.10. The number of nitrogens with two attached hydrogens (primary N) is 2. The van der Waals surface area contributed by atoms with Crippen molar-refractivity contribution in [1.82, 2.24) is 29.4 Å². The van der Waals surface area contributed by atoms with Gasteiger partial charge in [0.15, 0.2) is 11.2 Å². The molecule has 2 atom stereocenters. The number of rotatable bonds is 4. The summed E-state index contributed by atoms with van der Waals surface area (Å²) in [5, 5.41) is 27.4. The van der Waals surface area contributed by atoms with E-state index < -0.39 is 23.0 Å². The molecule has 16 nitrogen and oxygen atoms in total. The van der Waals surface area contributed by atoms with Crippen LogP contribution in [0.1, 0.15) is 63.3 Å². The van der Waals surface area contributed by atoms with Crippen LogP contribution in [-0.2, 0) is 24.3 Å². The first-order valence-electron chi connectivity index (χ1n) is 17.3. The van der Waals surface area contributed by atoms with Crippen LogP contribution >= 0.6 is 15.9 Å². The Labute approximate surface area is 334 Å². The molecule has 2 aliphatic rings. The summed E-state index contributed by atoms with van der Waals surface area (Å²) >= 11 is 3.42. The van der Waals surface area contributed by atoms with Crippen molar-refractivity contribution < 1.29 is 38.3 Å². The van der Waals surface area contributed by atoms with E-state index in [1.165, 1.54) is 6.92 Å². The maximum absolute atomic E-state index is 11.5. The molecule has 0 aliphatic carbocycles. The molecule has 292 valence electrons. The van der Waals surface area contributed by atoms with Crippen LogP contribution in [-0.4, -0.2) is 64.7 Å². The Bertz CT molecular complexity index is 2580. The molecule has 0 spiro atoms. The van der Waals surface area contributed by atoms with Crippen LogP contribution in [0.5, 0.6) is 11.5 Å². The van der Waals surface area contributed by atoms with Crippen LogP contribution in [0.3, 0.4) is 0 Å². The van der Waals surface area contributed by atoms with Crippen molar-refractivity contribution >= 4 is 27.7 Å². The summed E-state index contributed by atoms with van der Waals surface area (Å²) in [6.07, 6.45) is 8.35. The van der Waals surface area contributed by atoms with E-state index in [2.05, 4.69) is 54.0 Å². The molecule has 8 rings (SSSR count). The maximum atomic E-state index is 11.5. The Balaban J connectivity index is 0.000000161. The molecular weight excluding hydrogens is 800 g/mol. The van der Waals surface area contributed by atoms with Crippen molar-refractivity contribution in [2.75, 3.05) is 13.2 Å². The van der Waals surface area contributed by atoms with Crippen molar-refractivity contribution in [1.29, 1.82) is 0 Å². The second kappa shape index (κ2) is 16.2. The number of carbonyl (C=O) groups is 2. The number of aryl methyl sites for hydroxylation is 2. The molecule has 0 saturated carbocycles. The fraction of sp³-hybridized carbons (Fsp3) is 0.250. The van der Waals surface area contributed by atoms with Gasteiger partial charge in [0.25, 0.3) is 11.8 Å². The van der Waals surface area contributed by atoms with Crippen LogP contribution in [0.15, 0.2) is 74.4 Å². The summed E-state index contributed by atoms with van der Waals surface area (Å²) < 4.78 is 25.8. The van der Waals surface area contributed by atoms with Crippen LogP contribution in [0.25, 0.3) is 22.8 Å². The largest absolute Gasteiger partial charge is 0.491 e. The number of amides is 2. The van der Waals surface area contributed by atoms with Gasteiger partial charge in [0, 0.05) is 34.6 Å². The number of imidazole rings is 2. The lowest BCUT2D eigenvalue weighted by Gasteiger charge is -2.11. The molecule has 17 heteroatoms. The number of hydrogen-bond acceptors (Lipinski definition) is 12. The number of aliphatic hydroxyl groups is 2. The van der Waals surface area contributed by atoms with Gasteiger partial charge in [0.05, 0.1) is 24.2 Å². The third kappa shape index (κ3) is 9.08. The molecule has 4 aromatic heterocycles. The van der Waals surface area contributed by atoms with E-state index >= 15 is 0 Å². The number of primary amides is 2. The topological polar surface area (TPSA) is 233 Å². The summed E-state index contributed by atoms with van der Waals surface area (Å²) in [5.74, 6) is 10.8. The maximum Gasteiger partial charge on any atom is 0.268 e. The van der Waals surface area contributed by atoms with E-state index in [4.69, 9.17) is 36.4 Å². The summed E-state index contributed by atoms with van der Waals surface area (Å²) in [6, 6.07) is 14.4. The van der Waals surface area contributed by atoms with E-state index in [-0.39, 0.29) is 11.4 Å². The van der Waals surface area contributed by atoms with Gasteiger partial charge in [-0.2, -0.15) is 0 Å². The number of fused-ring (bicyclic) bond motifs is 6. The molecular formula is C40H37BrN8O8. The summed E-state index contributed by atoms with van der Waals surface area (Å²) in [4.78, 5) is 31.3. The second-order valence-electron chi connectivity index (χ2n) is 13.2. The van der Waals surface area contributed by atoms with Gasteiger partial charge in [-0.1, -0.05) is 44.0 Å². The molecule has 0 fully saturated rings. The van der Waals surface area contributed by atoms with Crippen molar-refractivity contribution in [2.45, 2.75) is 52.0 Å². The average molecular weight is 838 g/mol. The van der Waals surface area contributed by atoms with Crippen LogP contribution < -0.4 is 20.9 Å². The fourth-order valence-corrected chi connectivity index (χ4v) is 5.94. The number of hydrogen-bond donors (Lipinski definition) is 4. The van der Waals surface area contributed by atoms with E-state index in [0.717, 1.165) is 15.8 Å². The molecule has 0 saturated heterocycles. The highest BCUT2D eigenvalue weighted by atomic mass is 79.9. The van der Waals surface area contributed by atoms with Crippen molar-refractivity contribution in [3.8, 4) is 58.5 Å². The quantitative estimate of drug-likeness (QED) is 0.183. The molecule has 0 bridgehead atoms. The normalized spacial score (nSPS) is 14.3. The van der Waals surface area contributed by atoms with Gasteiger partial charge < -0.3 is 49.3 Å². The second-order valence-corrected chi connectivity index (χ2v) is 14.2. The lowest BCUT2D eigenvalue weighted by atomic mass is 10.0. The highest BCUT2D eigenvalue weighted by Gasteiger charge is 2.26. The first-order valence-corrected chi connectivity index (χ1v) is 18.1. The molecule has 6 aromatic rings. The molecule has 2 aliphatic heterocycles. The van der Waals surface area contributed by atoms with Crippen molar-refractivity contribution in [3.05, 3.63) is 105 Å². The third-order valence-corrected chi connectivity index (χ3v) is 9.12. The van der Waals surface area contributed by atoms with E-state index in [0.29, 0.717) is 77.7 Å². The van der Waals surface area contributed by atoms with Crippen LogP contribution in [0.4, 0.5) is 0 Å². The van der Waals surface area contributed by atoms with Gasteiger partial charge in [-0.25, -0.2) is 9.97 Å². The Morgan fingerprint density at radius 1 is 0.789 bits per heavy atom. The number of halogens is 1. The zero-order valence-electron chi connectivity index (χ0n) is 31.2. The van der Waals surface area contributed by atoms with Crippen molar-refractivity contribution in [3.63, 3.8) is 0 Å². The third-order valence-electron chi connectivity index (χ3n) is 8.63. The van der Waals surface area contributed by atoms with E-state index in [1.807, 2.05) is 27.3 Å². The molecule has 1 unspecified atom stereocenters. The zero-order valence-corrected chi connectivity index (χ0v) is 32.8. The van der Waals surface area contributed by atoms with Gasteiger partial charge in [-0.3, -0.25) is 9.59 Å². The standard InChI is InChI=1S/C20H18N4O4.C12H10BrN3O2.C8H9NO2/c1-12-9-17(23-28-12)20(2,26)6-5-13-3-4-16-14(10-13)19-22-15(18(21)25)11-24(19)7-8-27-16;13-7-1-2-10-8(5-7)12-15-9(11(14)17)6-16(12)3-4-18-10;1-4-8(3,10)7-5-6(2)11-9-7/h3-4,9-11,26H,7-8H2,1-2H3,(H2,21,25);1-2,5-6H,3-4H2,(H2,14,17);1,5,10H,2-3H3/t20-;;/m0../s1. The average Bonchev–Trinajstić information content (AvgIpc) is 3.97. The monoisotopic (exact) mass is 836 g/mol. The Morgan fingerprint density at radius 2 is 1.28 bits per heavy atom. The molecule has 0 radical (unpaired) electrons. The van der Waals surface area contributed by atoms with Gasteiger partial charge in [0.2, 0.25) is 0 Å².